The van der Waals surface area contributed by atoms with Crippen molar-refractivity contribution in [2.24, 2.45) is 5.73 Å². The summed E-state index contributed by atoms with van der Waals surface area (Å²) in [4.78, 5) is 10.6. The quantitative estimate of drug-likeness (QED) is 0.648. The first-order valence-electron chi connectivity index (χ1n) is 5.07. The summed E-state index contributed by atoms with van der Waals surface area (Å²) in [5, 5.41) is 2.87. The molecule has 1 rings (SSSR count). The molecule has 0 unspecified atom stereocenters. The Labute approximate surface area is 94.8 Å². The maximum absolute atomic E-state index is 10.6. The Morgan fingerprint density at radius 3 is 2.75 bits per heavy atom. The van der Waals surface area contributed by atoms with Crippen LogP contribution in [-0.4, -0.2) is 18.6 Å². The van der Waals surface area contributed by atoms with Crippen molar-refractivity contribution in [2.75, 3.05) is 17.6 Å². The Kier molecular flexibility index (Phi) is 3.99. The van der Waals surface area contributed by atoms with E-state index in [2.05, 4.69) is 5.32 Å². The molecule has 5 heteroatoms. The SMILES string of the molecule is CC(C)Oc1cc(NCC(N)=O)ccc1N. The average molecular weight is 223 g/mol. The maximum Gasteiger partial charge on any atom is 0.236 e. The Morgan fingerprint density at radius 1 is 1.50 bits per heavy atom. The van der Waals surface area contributed by atoms with Gasteiger partial charge in [-0.25, -0.2) is 0 Å². The van der Waals surface area contributed by atoms with Gasteiger partial charge in [-0.1, -0.05) is 0 Å². The molecule has 0 saturated carbocycles. The van der Waals surface area contributed by atoms with Gasteiger partial charge in [0.05, 0.1) is 18.3 Å². The number of rotatable bonds is 5. The van der Waals surface area contributed by atoms with E-state index in [1.807, 2.05) is 13.8 Å². The predicted octanol–water partition coefficient (Wildman–Crippen LogP) is 0.953. The zero-order chi connectivity index (χ0) is 12.1. The molecular formula is C11H17N3O2. The molecule has 0 spiro atoms. The van der Waals surface area contributed by atoms with Crippen LogP contribution in [0.4, 0.5) is 11.4 Å². The van der Waals surface area contributed by atoms with Gasteiger partial charge in [-0.2, -0.15) is 0 Å². The summed E-state index contributed by atoms with van der Waals surface area (Å²) in [7, 11) is 0. The van der Waals surface area contributed by atoms with Crippen LogP contribution in [0.1, 0.15) is 13.8 Å². The van der Waals surface area contributed by atoms with Crippen molar-refractivity contribution in [3.05, 3.63) is 18.2 Å². The number of benzene rings is 1. The van der Waals surface area contributed by atoms with E-state index in [1.54, 1.807) is 18.2 Å². The zero-order valence-corrected chi connectivity index (χ0v) is 9.49. The Hall–Kier alpha value is -1.91. The normalized spacial score (nSPS) is 10.2. The number of nitrogens with two attached hydrogens (primary N) is 2. The highest BCUT2D eigenvalue weighted by Gasteiger charge is 2.04. The lowest BCUT2D eigenvalue weighted by molar-refractivity contribution is -0.116. The van der Waals surface area contributed by atoms with Crippen LogP contribution in [0.5, 0.6) is 5.75 Å². The third kappa shape index (κ3) is 3.68. The Bertz CT molecular complexity index is 377. The molecule has 0 atom stereocenters. The fourth-order valence-corrected chi connectivity index (χ4v) is 1.19. The second-order valence-electron chi connectivity index (χ2n) is 3.74. The molecule has 0 radical (unpaired) electrons. The number of carbonyl (C=O) groups is 1. The standard InChI is InChI=1S/C11H17N3O2/c1-7(2)16-10-5-8(3-4-9(10)12)14-6-11(13)15/h3-5,7,14H,6,12H2,1-2H3,(H2,13,15). The first-order valence-corrected chi connectivity index (χ1v) is 5.07. The highest BCUT2D eigenvalue weighted by molar-refractivity contribution is 5.79. The van der Waals surface area contributed by atoms with Crippen molar-refractivity contribution >= 4 is 17.3 Å². The molecule has 5 N–H and O–H groups in total. The lowest BCUT2D eigenvalue weighted by Gasteiger charge is -2.13. The molecule has 88 valence electrons. The van der Waals surface area contributed by atoms with Crippen LogP contribution in [0.2, 0.25) is 0 Å². The lowest BCUT2D eigenvalue weighted by atomic mass is 10.2. The minimum absolute atomic E-state index is 0.0497. The summed E-state index contributed by atoms with van der Waals surface area (Å²) < 4.78 is 5.51. The molecule has 0 fully saturated rings. The van der Waals surface area contributed by atoms with Gasteiger partial charge >= 0.3 is 0 Å². The van der Waals surface area contributed by atoms with Crippen molar-refractivity contribution in [1.82, 2.24) is 0 Å². The molecule has 0 aromatic heterocycles. The number of nitrogen functional groups attached to an aromatic ring is 1. The molecule has 1 amide bonds. The van der Waals surface area contributed by atoms with Gasteiger partial charge in [-0.15, -0.1) is 0 Å². The van der Waals surface area contributed by atoms with Gasteiger partial charge in [-0.3, -0.25) is 4.79 Å². The molecule has 1 aromatic carbocycles. The van der Waals surface area contributed by atoms with Crippen molar-refractivity contribution in [3.63, 3.8) is 0 Å². The topological polar surface area (TPSA) is 90.4 Å². The molecule has 0 aliphatic rings. The number of carbonyl (C=O) groups excluding carboxylic acids is 1. The number of hydrogen-bond acceptors (Lipinski definition) is 4. The number of amides is 1. The van der Waals surface area contributed by atoms with Crippen LogP contribution >= 0.6 is 0 Å². The fourth-order valence-electron chi connectivity index (χ4n) is 1.19. The van der Waals surface area contributed by atoms with Crippen LogP contribution in [0.15, 0.2) is 18.2 Å². The van der Waals surface area contributed by atoms with Gasteiger partial charge in [0.1, 0.15) is 5.75 Å². The van der Waals surface area contributed by atoms with Gasteiger partial charge < -0.3 is 21.5 Å². The maximum atomic E-state index is 10.6. The summed E-state index contributed by atoms with van der Waals surface area (Å²) in [6, 6.07) is 5.24. The fraction of sp³-hybridized carbons (Fsp3) is 0.364. The second-order valence-corrected chi connectivity index (χ2v) is 3.74. The van der Waals surface area contributed by atoms with Crippen molar-refractivity contribution < 1.29 is 9.53 Å². The summed E-state index contributed by atoms with van der Waals surface area (Å²) >= 11 is 0. The first-order chi connectivity index (χ1) is 7.49. The number of nitrogens with one attached hydrogen (secondary N) is 1. The largest absolute Gasteiger partial charge is 0.489 e. The molecule has 1 aromatic rings. The average Bonchev–Trinajstić information content (AvgIpc) is 2.18. The van der Waals surface area contributed by atoms with Crippen LogP contribution in [0, 0.1) is 0 Å². The summed E-state index contributed by atoms with van der Waals surface area (Å²) in [5.74, 6) is 0.188. The minimum Gasteiger partial charge on any atom is -0.489 e. The smallest absolute Gasteiger partial charge is 0.236 e. The number of anilines is 2. The number of ether oxygens (including phenoxy) is 1. The Morgan fingerprint density at radius 2 is 2.19 bits per heavy atom. The van der Waals surface area contributed by atoms with Gasteiger partial charge in [0, 0.05) is 11.8 Å². The molecule has 0 aliphatic heterocycles. The Balaban J connectivity index is 2.76. The molecule has 0 bridgehead atoms. The highest BCUT2D eigenvalue weighted by atomic mass is 16.5. The predicted molar refractivity (Wildman–Crippen MR) is 64.3 cm³/mol. The number of primary amides is 1. The lowest BCUT2D eigenvalue weighted by Crippen LogP contribution is -2.21. The van der Waals surface area contributed by atoms with Gasteiger partial charge in [0.15, 0.2) is 0 Å². The minimum atomic E-state index is -0.414. The van der Waals surface area contributed by atoms with Crippen LogP contribution in [0.3, 0.4) is 0 Å². The van der Waals surface area contributed by atoms with E-state index in [9.17, 15) is 4.79 Å². The molecule has 0 aliphatic carbocycles. The van der Waals surface area contributed by atoms with E-state index in [0.29, 0.717) is 11.4 Å². The summed E-state index contributed by atoms with van der Waals surface area (Å²) in [6.07, 6.45) is 0.0497. The van der Waals surface area contributed by atoms with Crippen molar-refractivity contribution in [2.45, 2.75) is 20.0 Å². The molecule has 0 saturated heterocycles. The first kappa shape index (κ1) is 12.2. The zero-order valence-electron chi connectivity index (χ0n) is 9.49. The van der Waals surface area contributed by atoms with E-state index in [1.165, 1.54) is 0 Å². The third-order valence-corrected chi connectivity index (χ3v) is 1.84. The van der Waals surface area contributed by atoms with Crippen molar-refractivity contribution in [3.8, 4) is 5.75 Å². The van der Waals surface area contributed by atoms with E-state index in [0.717, 1.165) is 5.69 Å². The van der Waals surface area contributed by atoms with Crippen LogP contribution in [-0.2, 0) is 4.79 Å². The van der Waals surface area contributed by atoms with Crippen LogP contribution < -0.4 is 21.5 Å². The summed E-state index contributed by atoms with van der Waals surface area (Å²) in [5.41, 5.74) is 12.1. The van der Waals surface area contributed by atoms with E-state index < -0.39 is 5.91 Å². The third-order valence-electron chi connectivity index (χ3n) is 1.84. The molecule has 0 heterocycles. The number of hydrogen-bond donors (Lipinski definition) is 3. The highest BCUT2D eigenvalue weighted by Crippen LogP contribution is 2.26. The van der Waals surface area contributed by atoms with Gasteiger partial charge in [0.25, 0.3) is 0 Å². The van der Waals surface area contributed by atoms with E-state index >= 15 is 0 Å². The van der Waals surface area contributed by atoms with Gasteiger partial charge in [0.2, 0.25) is 5.91 Å². The molecule has 5 nitrogen and oxygen atoms in total. The summed E-state index contributed by atoms with van der Waals surface area (Å²) in [6.45, 7) is 3.93. The van der Waals surface area contributed by atoms with E-state index in [-0.39, 0.29) is 12.6 Å². The molecule has 16 heavy (non-hydrogen) atoms. The van der Waals surface area contributed by atoms with E-state index in [4.69, 9.17) is 16.2 Å². The van der Waals surface area contributed by atoms with Gasteiger partial charge in [-0.05, 0) is 26.0 Å². The second kappa shape index (κ2) is 5.25. The van der Waals surface area contributed by atoms with Crippen LogP contribution in [0.25, 0.3) is 0 Å². The molecular weight excluding hydrogens is 206 g/mol. The van der Waals surface area contributed by atoms with Crippen molar-refractivity contribution in [1.29, 1.82) is 0 Å². The monoisotopic (exact) mass is 223 g/mol.